The number of carbonyl (C=O) groups is 2. The van der Waals surface area contributed by atoms with Gasteiger partial charge in [0.1, 0.15) is 4.88 Å². The van der Waals surface area contributed by atoms with E-state index < -0.39 is 12.0 Å². The second kappa shape index (κ2) is 6.30. The average molecular weight is 346 g/mol. The van der Waals surface area contributed by atoms with Crippen molar-refractivity contribution < 1.29 is 14.7 Å². The number of amides is 2. The lowest BCUT2D eigenvalue weighted by Crippen LogP contribution is -2.11. The van der Waals surface area contributed by atoms with E-state index in [0.717, 1.165) is 11.3 Å². The molecule has 9 heteroatoms. The predicted molar refractivity (Wildman–Crippen MR) is 82.9 cm³/mol. The van der Waals surface area contributed by atoms with Crippen molar-refractivity contribution in [1.82, 2.24) is 4.98 Å². The lowest BCUT2D eigenvalue weighted by molar-refractivity contribution is 0.102. The normalized spacial score (nSPS) is 10.2. The highest BCUT2D eigenvalue weighted by molar-refractivity contribution is 7.17. The molecular weight excluding hydrogens is 337 g/mol. The van der Waals surface area contributed by atoms with Gasteiger partial charge in [0.2, 0.25) is 0 Å². The summed E-state index contributed by atoms with van der Waals surface area (Å²) in [7, 11) is 0. The molecule has 0 spiro atoms. The van der Waals surface area contributed by atoms with Crippen LogP contribution < -0.4 is 10.6 Å². The van der Waals surface area contributed by atoms with Crippen LogP contribution >= 0.6 is 34.5 Å². The average Bonchev–Trinajstić information content (AvgIpc) is 2.72. The summed E-state index contributed by atoms with van der Waals surface area (Å²) >= 11 is 12.7. The fraction of sp³-hybridized carbons (Fsp3) is 0.0833. The summed E-state index contributed by atoms with van der Waals surface area (Å²) in [5.74, 6) is -0.423. The molecule has 0 radical (unpaired) electrons. The number of thiazole rings is 1. The van der Waals surface area contributed by atoms with Gasteiger partial charge in [-0.1, -0.05) is 34.5 Å². The Morgan fingerprint density at radius 3 is 2.62 bits per heavy atom. The number of carbonyl (C=O) groups excluding carboxylic acids is 1. The molecule has 1 heterocycles. The topological polar surface area (TPSA) is 91.3 Å². The number of nitrogens with one attached hydrogen (secondary N) is 2. The molecule has 0 aliphatic heterocycles. The van der Waals surface area contributed by atoms with Crippen LogP contribution in [0.2, 0.25) is 10.0 Å². The SMILES string of the molecule is Cc1nc(NC(=O)O)sc1C(=O)Nc1ccc(Cl)cc1Cl. The number of aryl methyl sites for hydroxylation is 1. The third-order valence-corrected chi connectivity index (χ3v) is 4.02. The second-order valence-corrected chi connectivity index (χ2v) is 5.78. The molecule has 0 unspecified atom stereocenters. The first-order valence-corrected chi connectivity index (χ1v) is 7.18. The van der Waals surface area contributed by atoms with E-state index in [1.807, 2.05) is 0 Å². The molecule has 2 rings (SSSR count). The zero-order valence-electron chi connectivity index (χ0n) is 10.6. The molecule has 0 bridgehead atoms. The van der Waals surface area contributed by atoms with Gasteiger partial charge in [0, 0.05) is 5.02 Å². The Kier molecular flexibility index (Phi) is 4.66. The summed E-state index contributed by atoms with van der Waals surface area (Å²) in [6.45, 7) is 1.61. The van der Waals surface area contributed by atoms with Crippen molar-refractivity contribution in [2.75, 3.05) is 10.6 Å². The molecule has 2 aromatic rings. The number of hydrogen-bond acceptors (Lipinski definition) is 4. The van der Waals surface area contributed by atoms with E-state index in [2.05, 4.69) is 15.6 Å². The van der Waals surface area contributed by atoms with Gasteiger partial charge in [-0.3, -0.25) is 10.1 Å². The standard InChI is InChI=1S/C12H9Cl2N3O3S/c1-5-9(21-11(15-5)17-12(19)20)10(18)16-8-3-2-6(13)4-7(8)14/h2-4H,1H3,(H,15,17)(H,16,18)(H,19,20). The second-order valence-electron chi connectivity index (χ2n) is 3.94. The van der Waals surface area contributed by atoms with Gasteiger partial charge in [-0.15, -0.1) is 0 Å². The molecule has 6 nitrogen and oxygen atoms in total. The fourth-order valence-corrected chi connectivity index (χ4v) is 2.83. The third-order valence-electron chi connectivity index (χ3n) is 2.40. The van der Waals surface area contributed by atoms with Crippen molar-refractivity contribution in [1.29, 1.82) is 0 Å². The number of carboxylic acid groups (broad SMARTS) is 1. The monoisotopic (exact) mass is 345 g/mol. The van der Waals surface area contributed by atoms with Gasteiger partial charge in [-0.2, -0.15) is 0 Å². The smallest absolute Gasteiger partial charge is 0.410 e. The van der Waals surface area contributed by atoms with Gasteiger partial charge in [-0.25, -0.2) is 9.78 Å². The minimum atomic E-state index is -1.24. The first-order valence-electron chi connectivity index (χ1n) is 5.60. The van der Waals surface area contributed by atoms with Gasteiger partial charge < -0.3 is 10.4 Å². The lowest BCUT2D eigenvalue weighted by atomic mass is 10.3. The van der Waals surface area contributed by atoms with Crippen LogP contribution in [0.15, 0.2) is 18.2 Å². The van der Waals surface area contributed by atoms with E-state index in [9.17, 15) is 9.59 Å². The van der Waals surface area contributed by atoms with Crippen molar-refractivity contribution in [3.63, 3.8) is 0 Å². The number of rotatable bonds is 3. The summed E-state index contributed by atoms with van der Waals surface area (Å²) < 4.78 is 0. The fourth-order valence-electron chi connectivity index (χ4n) is 1.52. The van der Waals surface area contributed by atoms with Crippen LogP contribution in [0.5, 0.6) is 0 Å². The Balaban J connectivity index is 2.20. The van der Waals surface area contributed by atoms with Crippen molar-refractivity contribution in [3.05, 3.63) is 38.8 Å². The first kappa shape index (κ1) is 15.6. The summed E-state index contributed by atoms with van der Waals surface area (Å²) in [5, 5.41) is 14.3. The molecule has 110 valence electrons. The highest BCUT2D eigenvalue weighted by atomic mass is 35.5. The number of aromatic nitrogens is 1. The van der Waals surface area contributed by atoms with Crippen LogP contribution in [0.25, 0.3) is 0 Å². The van der Waals surface area contributed by atoms with Crippen LogP contribution in [0.4, 0.5) is 15.6 Å². The molecule has 21 heavy (non-hydrogen) atoms. The number of nitrogens with zero attached hydrogens (tertiary/aromatic N) is 1. The highest BCUT2D eigenvalue weighted by Crippen LogP contribution is 2.28. The molecular formula is C12H9Cl2N3O3S. The lowest BCUT2D eigenvalue weighted by Gasteiger charge is -2.06. The van der Waals surface area contributed by atoms with Crippen LogP contribution in [0.1, 0.15) is 15.4 Å². The summed E-state index contributed by atoms with van der Waals surface area (Å²) in [5.41, 5.74) is 0.831. The Labute approximate surface area is 133 Å². The number of benzene rings is 1. The van der Waals surface area contributed by atoms with Crippen molar-refractivity contribution in [2.45, 2.75) is 6.92 Å². The van der Waals surface area contributed by atoms with Crippen molar-refractivity contribution in [2.24, 2.45) is 0 Å². The molecule has 0 saturated carbocycles. The van der Waals surface area contributed by atoms with Crippen LogP contribution in [0, 0.1) is 6.92 Å². The Morgan fingerprint density at radius 2 is 2.00 bits per heavy atom. The van der Waals surface area contributed by atoms with Crippen LogP contribution in [-0.4, -0.2) is 22.1 Å². The number of hydrogen-bond donors (Lipinski definition) is 3. The summed E-state index contributed by atoms with van der Waals surface area (Å²) in [4.78, 5) is 27.0. The quantitative estimate of drug-likeness (QED) is 0.780. The Hall–Kier alpha value is -1.83. The molecule has 0 aliphatic carbocycles. The highest BCUT2D eigenvalue weighted by Gasteiger charge is 2.17. The molecule has 1 aromatic carbocycles. The van der Waals surface area contributed by atoms with Gasteiger partial charge in [0.25, 0.3) is 5.91 Å². The van der Waals surface area contributed by atoms with Gasteiger partial charge in [0.05, 0.1) is 16.4 Å². The maximum absolute atomic E-state index is 12.2. The molecule has 0 fully saturated rings. The molecule has 2 amide bonds. The summed E-state index contributed by atoms with van der Waals surface area (Å²) in [6.07, 6.45) is -1.24. The largest absolute Gasteiger partial charge is 0.465 e. The predicted octanol–water partition coefficient (Wildman–Crippen LogP) is 4.10. The minimum absolute atomic E-state index is 0.132. The van der Waals surface area contributed by atoms with Crippen molar-refractivity contribution >= 4 is 57.4 Å². The van der Waals surface area contributed by atoms with E-state index in [1.165, 1.54) is 6.07 Å². The van der Waals surface area contributed by atoms with Crippen LogP contribution in [-0.2, 0) is 0 Å². The number of halogens is 2. The first-order chi connectivity index (χ1) is 9.86. The molecule has 0 atom stereocenters. The van der Waals surface area contributed by atoms with E-state index in [-0.39, 0.29) is 5.13 Å². The molecule has 0 aliphatic rings. The zero-order valence-corrected chi connectivity index (χ0v) is 12.9. The van der Waals surface area contributed by atoms with Crippen molar-refractivity contribution in [3.8, 4) is 0 Å². The maximum atomic E-state index is 12.2. The zero-order chi connectivity index (χ0) is 15.6. The minimum Gasteiger partial charge on any atom is -0.465 e. The van der Waals surface area contributed by atoms with E-state index in [0.29, 0.717) is 26.3 Å². The van der Waals surface area contributed by atoms with E-state index in [4.69, 9.17) is 28.3 Å². The van der Waals surface area contributed by atoms with Gasteiger partial charge in [-0.05, 0) is 25.1 Å². The van der Waals surface area contributed by atoms with Crippen LogP contribution in [0.3, 0.4) is 0 Å². The third kappa shape index (κ3) is 3.84. The van der Waals surface area contributed by atoms with Gasteiger partial charge >= 0.3 is 6.09 Å². The number of anilines is 2. The molecule has 0 saturated heterocycles. The molecule has 3 N–H and O–H groups in total. The Bertz CT molecular complexity index is 718. The van der Waals surface area contributed by atoms with E-state index in [1.54, 1.807) is 19.1 Å². The summed E-state index contributed by atoms with van der Waals surface area (Å²) in [6, 6.07) is 4.69. The van der Waals surface area contributed by atoms with Gasteiger partial charge in [0.15, 0.2) is 5.13 Å². The Morgan fingerprint density at radius 1 is 1.29 bits per heavy atom. The maximum Gasteiger partial charge on any atom is 0.410 e. The van der Waals surface area contributed by atoms with E-state index >= 15 is 0 Å². The molecule has 1 aromatic heterocycles.